The van der Waals surface area contributed by atoms with Crippen molar-refractivity contribution in [1.29, 1.82) is 0 Å². The molecule has 2 heterocycles. The van der Waals surface area contributed by atoms with E-state index in [1.54, 1.807) is 0 Å². The third-order valence-corrected chi connectivity index (χ3v) is 5.66. The van der Waals surface area contributed by atoms with Gasteiger partial charge in [0.1, 0.15) is 6.20 Å². The van der Waals surface area contributed by atoms with Gasteiger partial charge in [-0.05, 0) is 37.1 Å². The molecule has 0 atom stereocenters. The van der Waals surface area contributed by atoms with Crippen molar-refractivity contribution in [1.82, 2.24) is 19.1 Å². The fourth-order valence-electron chi connectivity index (χ4n) is 2.55. The van der Waals surface area contributed by atoms with Crippen molar-refractivity contribution in [3.05, 3.63) is 51.3 Å². The molecule has 8 nitrogen and oxygen atoms in total. The molecule has 1 N–H and O–H groups in total. The van der Waals surface area contributed by atoms with E-state index in [0.717, 1.165) is 30.1 Å². The van der Waals surface area contributed by atoms with Gasteiger partial charge < -0.3 is 0 Å². The molecule has 0 bridgehead atoms. The van der Waals surface area contributed by atoms with E-state index >= 15 is 0 Å². The van der Waals surface area contributed by atoms with Gasteiger partial charge in [0.05, 0.1) is 10.6 Å². The zero-order valence-corrected chi connectivity index (χ0v) is 13.1. The number of H-pyrrole nitrogens is 1. The van der Waals surface area contributed by atoms with Gasteiger partial charge in [-0.2, -0.15) is 14.1 Å². The van der Waals surface area contributed by atoms with E-state index in [-0.39, 0.29) is 4.90 Å². The Bertz CT molecular complexity index is 909. The Kier molecular flexibility index (Phi) is 4.14. The zero-order chi connectivity index (χ0) is 16.4. The van der Waals surface area contributed by atoms with Crippen molar-refractivity contribution < 1.29 is 8.42 Å². The summed E-state index contributed by atoms with van der Waals surface area (Å²) in [5.41, 5.74) is -0.886. The van der Waals surface area contributed by atoms with E-state index in [2.05, 4.69) is 10.1 Å². The molecule has 0 saturated carbocycles. The van der Waals surface area contributed by atoms with Gasteiger partial charge in [0.25, 0.3) is 5.56 Å². The van der Waals surface area contributed by atoms with E-state index in [4.69, 9.17) is 0 Å². The van der Waals surface area contributed by atoms with Gasteiger partial charge in [-0.3, -0.25) is 9.78 Å². The predicted molar refractivity (Wildman–Crippen MR) is 83.1 cm³/mol. The average molecular weight is 336 g/mol. The summed E-state index contributed by atoms with van der Waals surface area (Å²) in [6.45, 7) is 1.07. The summed E-state index contributed by atoms with van der Waals surface area (Å²) in [5, 5.41) is 3.73. The van der Waals surface area contributed by atoms with Crippen LogP contribution >= 0.6 is 0 Å². The van der Waals surface area contributed by atoms with Crippen LogP contribution in [0.3, 0.4) is 0 Å². The van der Waals surface area contributed by atoms with Crippen molar-refractivity contribution in [3.63, 3.8) is 0 Å². The molecule has 2 aromatic rings. The lowest BCUT2D eigenvalue weighted by Crippen LogP contribution is -2.35. The molecule has 122 valence electrons. The fraction of sp³-hybridized carbons (Fsp3) is 0.357. The quantitative estimate of drug-likeness (QED) is 0.855. The number of sulfonamides is 1. The lowest BCUT2D eigenvalue weighted by molar-refractivity contribution is 0.346. The van der Waals surface area contributed by atoms with Crippen molar-refractivity contribution in [2.24, 2.45) is 0 Å². The van der Waals surface area contributed by atoms with E-state index in [9.17, 15) is 18.0 Å². The zero-order valence-electron chi connectivity index (χ0n) is 12.3. The van der Waals surface area contributed by atoms with Gasteiger partial charge in [-0.1, -0.05) is 6.42 Å². The topological polar surface area (TPSA) is 105 Å². The number of piperidine rings is 1. The summed E-state index contributed by atoms with van der Waals surface area (Å²) in [7, 11) is -3.51. The first-order valence-electron chi connectivity index (χ1n) is 7.28. The molecule has 0 unspecified atom stereocenters. The second kappa shape index (κ2) is 6.09. The number of hydrogen-bond acceptors (Lipinski definition) is 5. The van der Waals surface area contributed by atoms with Crippen molar-refractivity contribution in [2.75, 3.05) is 13.1 Å². The summed E-state index contributed by atoms with van der Waals surface area (Å²) in [4.78, 5) is 25.0. The van der Waals surface area contributed by atoms with Crippen molar-refractivity contribution in [2.45, 2.75) is 24.2 Å². The second-order valence-corrected chi connectivity index (χ2v) is 7.25. The van der Waals surface area contributed by atoms with Gasteiger partial charge in [0.2, 0.25) is 10.0 Å². The van der Waals surface area contributed by atoms with Crippen LogP contribution in [0.4, 0.5) is 0 Å². The highest BCUT2D eigenvalue weighted by atomic mass is 32.2. The molecular formula is C14H16N4O4S. The number of aromatic amines is 1. The molecule has 1 aromatic heterocycles. The minimum Gasteiger partial charge on any atom is -0.271 e. The Balaban J connectivity index is 1.92. The molecule has 23 heavy (non-hydrogen) atoms. The summed E-state index contributed by atoms with van der Waals surface area (Å²) < 4.78 is 27.6. The molecule has 1 fully saturated rings. The van der Waals surface area contributed by atoms with Crippen LogP contribution in [-0.4, -0.2) is 40.6 Å². The highest BCUT2D eigenvalue weighted by Gasteiger charge is 2.25. The maximum atomic E-state index is 12.5. The third-order valence-electron chi connectivity index (χ3n) is 3.75. The number of nitrogens with one attached hydrogen (secondary N) is 1. The molecule has 0 aliphatic carbocycles. The number of nitrogens with zero attached hydrogens (tertiary/aromatic N) is 3. The van der Waals surface area contributed by atoms with Crippen LogP contribution in [0.1, 0.15) is 19.3 Å². The molecule has 9 heteroatoms. The van der Waals surface area contributed by atoms with Crippen molar-refractivity contribution in [3.8, 4) is 5.69 Å². The third kappa shape index (κ3) is 3.10. The Morgan fingerprint density at radius 3 is 2.26 bits per heavy atom. The molecular weight excluding hydrogens is 320 g/mol. The molecule has 1 aromatic carbocycles. The molecule has 0 radical (unpaired) electrons. The minimum absolute atomic E-state index is 0.181. The van der Waals surface area contributed by atoms with E-state index < -0.39 is 21.3 Å². The number of aromatic nitrogens is 3. The Morgan fingerprint density at radius 1 is 1.00 bits per heavy atom. The minimum atomic E-state index is -3.51. The molecule has 1 aliphatic heterocycles. The molecule has 0 spiro atoms. The standard InChI is InChI=1S/C14H16N4O4S/c19-13-10-15-18(14(20)16-13)11-4-6-12(7-5-11)23(21,22)17-8-2-1-3-9-17/h4-7,10H,1-3,8-9H2,(H,16,19,20). The van der Waals surface area contributed by atoms with Crippen LogP contribution in [0.2, 0.25) is 0 Å². The van der Waals surface area contributed by atoms with Crippen LogP contribution < -0.4 is 11.2 Å². The molecule has 1 aliphatic rings. The first-order valence-corrected chi connectivity index (χ1v) is 8.72. The van der Waals surface area contributed by atoms with Gasteiger partial charge in [-0.15, -0.1) is 0 Å². The fourth-order valence-corrected chi connectivity index (χ4v) is 4.07. The first kappa shape index (κ1) is 15.6. The Morgan fingerprint density at radius 2 is 1.65 bits per heavy atom. The van der Waals surface area contributed by atoms with Gasteiger partial charge in [0.15, 0.2) is 0 Å². The highest BCUT2D eigenvalue weighted by Crippen LogP contribution is 2.21. The number of rotatable bonds is 3. The molecule has 3 rings (SSSR count). The number of hydrogen-bond donors (Lipinski definition) is 1. The van der Waals surface area contributed by atoms with Crippen LogP contribution in [0.15, 0.2) is 44.9 Å². The van der Waals surface area contributed by atoms with E-state index in [0.29, 0.717) is 18.8 Å². The largest absolute Gasteiger partial charge is 0.349 e. The van der Waals surface area contributed by atoms with Gasteiger partial charge >= 0.3 is 5.69 Å². The second-order valence-electron chi connectivity index (χ2n) is 5.31. The smallest absolute Gasteiger partial charge is 0.271 e. The Labute approximate surface area is 132 Å². The Hall–Kier alpha value is -2.26. The predicted octanol–water partition coefficient (Wildman–Crippen LogP) is 0.0954. The van der Waals surface area contributed by atoms with Crippen molar-refractivity contribution >= 4 is 10.0 Å². The van der Waals surface area contributed by atoms with E-state index in [1.165, 1.54) is 28.6 Å². The van der Waals surface area contributed by atoms with E-state index in [1.807, 2.05) is 0 Å². The van der Waals surface area contributed by atoms with Crippen LogP contribution in [0, 0.1) is 0 Å². The highest BCUT2D eigenvalue weighted by molar-refractivity contribution is 7.89. The first-order chi connectivity index (χ1) is 11.0. The average Bonchev–Trinajstić information content (AvgIpc) is 2.56. The van der Waals surface area contributed by atoms with Crippen LogP contribution in [0.5, 0.6) is 0 Å². The maximum absolute atomic E-state index is 12.5. The lowest BCUT2D eigenvalue weighted by atomic mass is 10.2. The number of benzene rings is 1. The molecule has 0 amide bonds. The maximum Gasteiger partial charge on any atom is 0.349 e. The van der Waals surface area contributed by atoms with Crippen LogP contribution in [0.25, 0.3) is 5.69 Å². The van der Waals surface area contributed by atoms with Crippen LogP contribution in [-0.2, 0) is 10.0 Å². The lowest BCUT2D eigenvalue weighted by Gasteiger charge is -2.25. The summed E-state index contributed by atoms with van der Waals surface area (Å²) in [5.74, 6) is 0. The molecule has 1 saturated heterocycles. The summed E-state index contributed by atoms with van der Waals surface area (Å²) in [6, 6.07) is 5.87. The van der Waals surface area contributed by atoms with Gasteiger partial charge in [0, 0.05) is 13.1 Å². The monoisotopic (exact) mass is 336 g/mol. The SMILES string of the molecule is O=c1cnn(-c2ccc(S(=O)(=O)N3CCCCC3)cc2)c(=O)[nH]1. The summed E-state index contributed by atoms with van der Waals surface area (Å²) >= 11 is 0. The van der Waals surface area contributed by atoms with Gasteiger partial charge in [-0.25, -0.2) is 13.2 Å². The normalized spacial score (nSPS) is 16.3. The summed E-state index contributed by atoms with van der Waals surface area (Å²) in [6.07, 6.45) is 3.77.